The number of nitrogens with zero attached hydrogens (tertiary/aromatic N) is 2. The normalized spacial score (nSPS) is 9.92. The second kappa shape index (κ2) is 3.36. The maximum Gasteiger partial charge on any atom is 0.101 e. The Hall–Kier alpha value is -1.36. The summed E-state index contributed by atoms with van der Waals surface area (Å²) in [6, 6.07) is 3.95. The van der Waals surface area contributed by atoms with E-state index in [2.05, 4.69) is 24.9 Å². The fourth-order valence-electron chi connectivity index (χ4n) is 1.25. The molecule has 1 aromatic heterocycles. The third-order valence-electron chi connectivity index (χ3n) is 1.79. The number of hydrogen-bond donors (Lipinski definition) is 0. The van der Waals surface area contributed by atoms with Gasteiger partial charge in [0.15, 0.2) is 0 Å². The molecule has 0 aliphatic heterocycles. The molecule has 0 aromatic carbocycles. The van der Waals surface area contributed by atoms with Gasteiger partial charge in [-0.25, -0.2) is 0 Å². The molecule has 0 radical (unpaired) electrons. The zero-order valence-electron chi connectivity index (χ0n) is 7.63. The van der Waals surface area contributed by atoms with Crippen LogP contribution in [0.15, 0.2) is 12.3 Å². The second-order valence-electron chi connectivity index (χ2n) is 3.19. The van der Waals surface area contributed by atoms with E-state index in [0.717, 1.165) is 11.3 Å². The predicted octanol–water partition coefficient (Wildman–Crippen LogP) is 2.39. The molecule has 0 atom stereocenters. The van der Waals surface area contributed by atoms with Gasteiger partial charge in [0, 0.05) is 11.9 Å². The molecule has 0 spiro atoms. The first-order chi connectivity index (χ1) is 5.65. The molecule has 0 saturated heterocycles. The maximum atomic E-state index is 8.60. The SMILES string of the molecule is Cc1cc(C#N)cnc1C(C)C. The van der Waals surface area contributed by atoms with Crippen LogP contribution >= 0.6 is 0 Å². The molecule has 0 saturated carbocycles. The summed E-state index contributed by atoms with van der Waals surface area (Å²) >= 11 is 0. The molecule has 0 bridgehead atoms. The van der Waals surface area contributed by atoms with Gasteiger partial charge in [-0.15, -0.1) is 0 Å². The molecule has 1 rings (SSSR count). The molecule has 0 fully saturated rings. The fraction of sp³-hybridized carbons (Fsp3) is 0.400. The highest BCUT2D eigenvalue weighted by atomic mass is 14.7. The Balaban J connectivity index is 3.14. The number of nitriles is 1. The number of pyridine rings is 1. The van der Waals surface area contributed by atoms with E-state index in [9.17, 15) is 0 Å². The van der Waals surface area contributed by atoms with E-state index in [0.29, 0.717) is 11.5 Å². The number of hydrogen-bond acceptors (Lipinski definition) is 2. The Morgan fingerprint density at radius 1 is 1.50 bits per heavy atom. The van der Waals surface area contributed by atoms with Crippen molar-refractivity contribution in [2.45, 2.75) is 26.7 Å². The first-order valence-corrected chi connectivity index (χ1v) is 4.01. The Kier molecular flexibility index (Phi) is 2.44. The molecule has 2 heteroatoms. The smallest absolute Gasteiger partial charge is 0.101 e. The topological polar surface area (TPSA) is 36.7 Å². The minimum absolute atomic E-state index is 0.428. The van der Waals surface area contributed by atoms with Crippen LogP contribution in [0.4, 0.5) is 0 Å². The van der Waals surface area contributed by atoms with Crippen LogP contribution in [0.2, 0.25) is 0 Å². The summed E-state index contributed by atoms with van der Waals surface area (Å²) in [6.07, 6.45) is 1.63. The summed E-state index contributed by atoms with van der Waals surface area (Å²) in [7, 11) is 0. The van der Waals surface area contributed by atoms with Gasteiger partial charge in [0.1, 0.15) is 6.07 Å². The molecule has 0 N–H and O–H groups in total. The summed E-state index contributed by atoms with van der Waals surface area (Å²) in [6.45, 7) is 6.19. The molecule has 0 aliphatic carbocycles. The van der Waals surface area contributed by atoms with Crippen molar-refractivity contribution in [2.24, 2.45) is 0 Å². The number of aromatic nitrogens is 1. The summed E-state index contributed by atoms with van der Waals surface area (Å²) in [4.78, 5) is 4.23. The van der Waals surface area contributed by atoms with Crippen molar-refractivity contribution in [1.29, 1.82) is 5.26 Å². The summed E-state index contributed by atoms with van der Waals surface area (Å²) in [5.41, 5.74) is 2.81. The van der Waals surface area contributed by atoms with Crippen LogP contribution in [-0.4, -0.2) is 4.98 Å². The maximum absolute atomic E-state index is 8.60. The largest absolute Gasteiger partial charge is 0.259 e. The van der Waals surface area contributed by atoms with Crippen LogP contribution in [-0.2, 0) is 0 Å². The molecular weight excluding hydrogens is 148 g/mol. The van der Waals surface area contributed by atoms with Gasteiger partial charge in [0.05, 0.1) is 5.56 Å². The average molecular weight is 160 g/mol. The van der Waals surface area contributed by atoms with Gasteiger partial charge < -0.3 is 0 Å². The third-order valence-corrected chi connectivity index (χ3v) is 1.79. The van der Waals surface area contributed by atoms with E-state index in [-0.39, 0.29) is 0 Å². The summed E-state index contributed by atoms with van der Waals surface area (Å²) in [5.74, 6) is 0.428. The molecule has 0 amide bonds. The van der Waals surface area contributed by atoms with Crippen molar-refractivity contribution in [3.63, 3.8) is 0 Å². The zero-order chi connectivity index (χ0) is 9.14. The Morgan fingerprint density at radius 3 is 2.58 bits per heavy atom. The van der Waals surface area contributed by atoms with Crippen molar-refractivity contribution in [3.05, 3.63) is 29.1 Å². The van der Waals surface area contributed by atoms with Gasteiger partial charge in [-0.2, -0.15) is 5.26 Å². The minimum atomic E-state index is 0.428. The standard InChI is InChI=1S/C10H12N2/c1-7(2)10-8(3)4-9(5-11)6-12-10/h4,6-7H,1-3H3. The van der Waals surface area contributed by atoms with E-state index in [4.69, 9.17) is 5.26 Å². The Labute approximate surface area is 72.9 Å². The number of aryl methyl sites for hydroxylation is 1. The first kappa shape index (κ1) is 8.73. The van der Waals surface area contributed by atoms with E-state index >= 15 is 0 Å². The summed E-state index contributed by atoms with van der Waals surface area (Å²) < 4.78 is 0. The lowest BCUT2D eigenvalue weighted by molar-refractivity contribution is 0.811. The molecular formula is C10H12N2. The van der Waals surface area contributed by atoms with Crippen molar-refractivity contribution >= 4 is 0 Å². The number of rotatable bonds is 1. The predicted molar refractivity (Wildman–Crippen MR) is 47.8 cm³/mol. The Bertz CT molecular complexity index is 321. The van der Waals surface area contributed by atoms with Crippen LogP contribution in [0.25, 0.3) is 0 Å². The van der Waals surface area contributed by atoms with Crippen molar-refractivity contribution < 1.29 is 0 Å². The molecule has 1 aromatic rings. The van der Waals surface area contributed by atoms with Gasteiger partial charge in [-0.3, -0.25) is 4.98 Å². The van der Waals surface area contributed by atoms with Gasteiger partial charge in [0.2, 0.25) is 0 Å². The zero-order valence-corrected chi connectivity index (χ0v) is 7.63. The van der Waals surface area contributed by atoms with Gasteiger partial charge in [-0.1, -0.05) is 13.8 Å². The molecule has 1 heterocycles. The van der Waals surface area contributed by atoms with Crippen LogP contribution in [0.3, 0.4) is 0 Å². The summed E-state index contributed by atoms with van der Waals surface area (Å²) in [5, 5.41) is 8.60. The molecule has 0 unspecified atom stereocenters. The third kappa shape index (κ3) is 1.62. The van der Waals surface area contributed by atoms with Gasteiger partial charge in [-0.05, 0) is 24.5 Å². The molecule has 2 nitrogen and oxygen atoms in total. The average Bonchev–Trinajstić information content (AvgIpc) is 2.03. The second-order valence-corrected chi connectivity index (χ2v) is 3.19. The van der Waals surface area contributed by atoms with Crippen molar-refractivity contribution in [1.82, 2.24) is 4.98 Å². The highest BCUT2D eigenvalue weighted by Gasteiger charge is 2.04. The van der Waals surface area contributed by atoms with Gasteiger partial charge >= 0.3 is 0 Å². The van der Waals surface area contributed by atoms with Crippen LogP contribution in [0.5, 0.6) is 0 Å². The van der Waals surface area contributed by atoms with Crippen LogP contribution in [0.1, 0.15) is 36.6 Å². The molecule has 62 valence electrons. The monoisotopic (exact) mass is 160 g/mol. The van der Waals surface area contributed by atoms with E-state index in [1.54, 1.807) is 6.20 Å². The van der Waals surface area contributed by atoms with Crippen molar-refractivity contribution in [2.75, 3.05) is 0 Å². The molecule has 12 heavy (non-hydrogen) atoms. The van der Waals surface area contributed by atoms with E-state index < -0.39 is 0 Å². The molecule has 0 aliphatic rings. The fourth-order valence-corrected chi connectivity index (χ4v) is 1.25. The van der Waals surface area contributed by atoms with Crippen LogP contribution < -0.4 is 0 Å². The van der Waals surface area contributed by atoms with E-state index in [1.165, 1.54) is 0 Å². The van der Waals surface area contributed by atoms with E-state index in [1.807, 2.05) is 13.0 Å². The highest BCUT2D eigenvalue weighted by molar-refractivity contribution is 5.33. The van der Waals surface area contributed by atoms with Crippen LogP contribution in [0, 0.1) is 18.3 Å². The minimum Gasteiger partial charge on any atom is -0.259 e. The Morgan fingerprint density at radius 2 is 2.17 bits per heavy atom. The lowest BCUT2D eigenvalue weighted by Crippen LogP contribution is -1.96. The lowest BCUT2D eigenvalue weighted by atomic mass is 10.0. The van der Waals surface area contributed by atoms with Gasteiger partial charge in [0.25, 0.3) is 0 Å². The van der Waals surface area contributed by atoms with Crippen molar-refractivity contribution in [3.8, 4) is 6.07 Å². The quantitative estimate of drug-likeness (QED) is 0.632. The first-order valence-electron chi connectivity index (χ1n) is 4.01. The lowest BCUT2D eigenvalue weighted by Gasteiger charge is -2.07. The highest BCUT2D eigenvalue weighted by Crippen LogP contribution is 2.16.